The van der Waals surface area contributed by atoms with E-state index in [1.54, 1.807) is 6.08 Å². The van der Waals surface area contributed by atoms with Crippen LogP contribution in [0.2, 0.25) is 0 Å². The van der Waals surface area contributed by atoms with Crippen molar-refractivity contribution in [3.05, 3.63) is 69.0 Å². The molecule has 3 rings (SSSR count). The second-order valence-corrected chi connectivity index (χ2v) is 6.77. The lowest BCUT2D eigenvalue weighted by Gasteiger charge is -2.07. The zero-order valence-corrected chi connectivity index (χ0v) is 14.3. The topological polar surface area (TPSA) is 55.4 Å². The van der Waals surface area contributed by atoms with Crippen molar-refractivity contribution in [1.29, 1.82) is 0 Å². The van der Waals surface area contributed by atoms with Crippen LogP contribution in [0.15, 0.2) is 57.9 Å². The van der Waals surface area contributed by atoms with Gasteiger partial charge >= 0.3 is 0 Å². The van der Waals surface area contributed by atoms with E-state index < -0.39 is 0 Å². The molecule has 116 valence electrons. The van der Waals surface area contributed by atoms with Gasteiger partial charge in [-0.3, -0.25) is 14.9 Å². The van der Waals surface area contributed by atoms with Crippen LogP contribution < -0.4 is 10.1 Å². The third kappa shape index (κ3) is 4.24. The minimum absolute atomic E-state index is 0.344. The first-order chi connectivity index (χ1) is 11.1. The van der Waals surface area contributed by atoms with Gasteiger partial charge < -0.3 is 4.74 Å². The van der Waals surface area contributed by atoms with Gasteiger partial charge in [0.15, 0.2) is 0 Å². The molecule has 1 fully saturated rings. The van der Waals surface area contributed by atoms with Gasteiger partial charge in [-0.15, -0.1) is 0 Å². The molecule has 2 amide bonds. The molecule has 6 heteroatoms. The number of ether oxygens (including phenoxy) is 1. The summed E-state index contributed by atoms with van der Waals surface area (Å²) in [6, 6.07) is 15.3. The lowest BCUT2D eigenvalue weighted by molar-refractivity contribution is -0.115. The highest BCUT2D eigenvalue weighted by Crippen LogP contribution is 2.26. The fourth-order valence-electron chi connectivity index (χ4n) is 2.01. The van der Waals surface area contributed by atoms with E-state index in [4.69, 9.17) is 4.74 Å². The minimum Gasteiger partial charge on any atom is -0.489 e. The van der Waals surface area contributed by atoms with Crippen molar-refractivity contribution in [3.8, 4) is 5.75 Å². The standard InChI is InChI=1S/C17H12BrNO3S/c18-13-6-4-11(5-7-13)10-22-14-3-1-2-12(8-14)9-15-16(20)19-17(21)23-15/h1-9H,10H2,(H,19,20,21)/b15-9-. The van der Waals surface area contributed by atoms with Crippen LogP contribution in [0, 0.1) is 0 Å². The number of nitrogens with one attached hydrogen (secondary N) is 1. The van der Waals surface area contributed by atoms with E-state index >= 15 is 0 Å². The number of amides is 2. The highest BCUT2D eigenvalue weighted by atomic mass is 79.9. The number of hydrogen-bond acceptors (Lipinski definition) is 4. The number of halogens is 1. The summed E-state index contributed by atoms with van der Waals surface area (Å²) in [6.07, 6.45) is 1.68. The summed E-state index contributed by atoms with van der Waals surface area (Å²) < 4.78 is 6.79. The van der Waals surface area contributed by atoms with Gasteiger partial charge in [-0.2, -0.15) is 0 Å². The summed E-state index contributed by atoms with van der Waals surface area (Å²) in [7, 11) is 0. The number of rotatable bonds is 4. The summed E-state index contributed by atoms with van der Waals surface area (Å²) >= 11 is 4.30. The Hall–Kier alpha value is -2.05. The second-order valence-electron chi connectivity index (χ2n) is 4.84. The van der Waals surface area contributed by atoms with E-state index in [0.29, 0.717) is 17.3 Å². The lowest BCUT2D eigenvalue weighted by Crippen LogP contribution is -2.17. The summed E-state index contributed by atoms with van der Waals surface area (Å²) in [5, 5.41) is 1.89. The van der Waals surface area contributed by atoms with Gasteiger partial charge in [0.25, 0.3) is 11.1 Å². The van der Waals surface area contributed by atoms with Gasteiger partial charge in [0.1, 0.15) is 12.4 Å². The number of carbonyl (C=O) groups excluding carboxylic acids is 2. The summed E-state index contributed by atoms with van der Waals surface area (Å²) in [4.78, 5) is 23.1. The molecule has 0 spiro atoms. The van der Waals surface area contributed by atoms with Crippen LogP contribution in [-0.2, 0) is 11.4 Å². The number of benzene rings is 2. The van der Waals surface area contributed by atoms with E-state index in [2.05, 4.69) is 21.2 Å². The highest BCUT2D eigenvalue weighted by Gasteiger charge is 2.24. The number of thioether (sulfide) groups is 1. The highest BCUT2D eigenvalue weighted by molar-refractivity contribution is 9.10. The predicted molar refractivity (Wildman–Crippen MR) is 94.0 cm³/mol. The van der Waals surface area contributed by atoms with Crippen LogP contribution in [0.4, 0.5) is 4.79 Å². The summed E-state index contributed by atoms with van der Waals surface area (Å²) in [5.41, 5.74) is 1.87. The maximum absolute atomic E-state index is 11.6. The minimum atomic E-state index is -0.360. The molecule has 0 bridgehead atoms. The molecule has 0 saturated carbocycles. The van der Waals surface area contributed by atoms with Crippen LogP contribution in [0.3, 0.4) is 0 Å². The van der Waals surface area contributed by atoms with Gasteiger partial charge in [-0.1, -0.05) is 40.2 Å². The zero-order chi connectivity index (χ0) is 16.2. The molecule has 0 radical (unpaired) electrons. The average molecular weight is 390 g/mol. The second kappa shape index (κ2) is 7.02. The molecule has 1 N–H and O–H groups in total. The summed E-state index contributed by atoms with van der Waals surface area (Å²) in [6.45, 7) is 0.459. The van der Waals surface area contributed by atoms with Crippen LogP contribution in [-0.4, -0.2) is 11.1 Å². The van der Waals surface area contributed by atoms with Crippen molar-refractivity contribution >= 4 is 44.9 Å². The molecule has 4 nitrogen and oxygen atoms in total. The molecule has 1 aliphatic heterocycles. The van der Waals surface area contributed by atoms with Crippen LogP contribution >= 0.6 is 27.7 Å². The Morgan fingerprint density at radius 3 is 2.61 bits per heavy atom. The predicted octanol–water partition coefficient (Wildman–Crippen LogP) is 4.35. The molecule has 0 aliphatic carbocycles. The third-order valence-corrected chi connectivity index (χ3v) is 4.46. The Labute approximate surface area is 146 Å². The van der Waals surface area contributed by atoms with Crippen LogP contribution in [0.5, 0.6) is 5.75 Å². The number of hydrogen-bond donors (Lipinski definition) is 1. The maximum atomic E-state index is 11.6. The molecule has 0 aromatic heterocycles. The van der Waals surface area contributed by atoms with Crippen LogP contribution in [0.1, 0.15) is 11.1 Å². The monoisotopic (exact) mass is 389 g/mol. The third-order valence-electron chi connectivity index (χ3n) is 3.12. The molecule has 23 heavy (non-hydrogen) atoms. The Morgan fingerprint density at radius 2 is 1.91 bits per heavy atom. The van der Waals surface area contributed by atoms with Crippen LogP contribution in [0.25, 0.3) is 6.08 Å². The molecule has 0 unspecified atom stereocenters. The van der Waals surface area contributed by atoms with Crippen molar-refractivity contribution < 1.29 is 14.3 Å². The first-order valence-corrected chi connectivity index (χ1v) is 8.43. The molecule has 1 saturated heterocycles. The van der Waals surface area contributed by atoms with Crippen molar-refractivity contribution in [3.63, 3.8) is 0 Å². The van der Waals surface area contributed by atoms with E-state index in [-0.39, 0.29) is 11.1 Å². The molecular weight excluding hydrogens is 378 g/mol. The number of carbonyl (C=O) groups is 2. The fraction of sp³-hybridized carbons (Fsp3) is 0.0588. The normalized spacial score (nSPS) is 15.8. The first kappa shape index (κ1) is 15.8. The molecule has 2 aromatic rings. The number of imide groups is 1. The Balaban J connectivity index is 1.70. The van der Waals surface area contributed by atoms with Crippen molar-refractivity contribution in [2.45, 2.75) is 6.61 Å². The fourth-order valence-corrected chi connectivity index (χ4v) is 2.96. The van der Waals surface area contributed by atoms with Gasteiger partial charge in [-0.05, 0) is 53.2 Å². The van der Waals surface area contributed by atoms with Gasteiger partial charge in [0.2, 0.25) is 0 Å². The van der Waals surface area contributed by atoms with Gasteiger partial charge in [0.05, 0.1) is 4.91 Å². The Morgan fingerprint density at radius 1 is 1.13 bits per heavy atom. The van der Waals surface area contributed by atoms with Crippen molar-refractivity contribution in [2.75, 3.05) is 0 Å². The largest absolute Gasteiger partial charge is 0.489 e. The average Bonchev–Trinajstić information content (AvgIpc) is 2.85. The lowest BCUT2D eigenvalue weighted by atomic mass is 10.2. The van der Waals surface area contributed by atoms with E-state index in [9.17, 15) is 9.59 Å². The zero-order valence-electron chi connectivity index (χ0n) is 11.9. The van der Waals surface area contributed by atoms with Gasteiger partial charge in [-0.25, -0.2) is 0 Å². The molecule has 2 aromatic carbocycles. The Kier molecular flexibility index (Phi) is 4.83. The first-order valence-electron chi connectivity index (χ1n) is 6.82. The van der Waals surface area contributed by atoms with E-state index in [1.807, 2.05) is 48.5 Å². The molecule has 0 atom stereocenters. The molecule has 1 aliphatic rings. The van der Waals surface area contributed by atoms with Crippen molar-refractivity contribution in [2.24, 2.45) is 0 Å². The van der Waals surface area contributed by atoms with Crippen molar-refractivity contribution in [1.82, 2.24) is 5.32 Å². The Bertz CT molecular complexity index is 787. The van der Waals surface area contributed by atoms with Gasteiger partial charge in [0, 0.05) is 4.47 Å². The maximum Gasteiger partial charge on any atom is 0.290 e. The quantitative estimate of drug-likeness (QED) is 0.789. The molecule has 1 heterocycles. The smallest absolute Gasteiger partial charge is 0.290 e. The van der Waals surface area contributed by atoms with E-state index in [1.165, 1.54) is 0 Å². The molecular formula is C17H12BrNO3S. The van der Waals surface area contributed by atoms with E-state index in [0.717, 1.165) is 27.4 Å². The summed E-state index contributed by atoms with van der Waals surface area (Å²) in [5.74, 6) is 0.346. The SMILES string of the molecule is O=C1NC(=O)/C(=C/c2cccc(OCc3ccc(Br)cc3)c2)S1.